The first-order valence-corrected chi connectivity index (χ1v) is 10.9. The third-order valence-corrected chi connectivity index (χ3v) is 5.49. The van der Waals surface area contributed by atoms with Crippen molar-refractivity contribution in [1.82, 2.24) is 19.3 Å². The van der Waals surface area contributed by atoms with Crippen molar-refractivity contribution >= 4 is 40.9 Å². The average molecular weight is 473 g/mol. The molecule has 0 aliphatic carbocycles. The smallest absolute Gasteiger partial charge is 0.411 e. The zero-order valence-electron chi connectivity index (χ0n) is 18.5. The number of halogens is 1. The second-order valence-electron chi connectivity index (χ2n) is 7.97. The lowest BCUT2D eigenvalue weighted by Gasteiger charge is -2.17. The number of carbonyl (C=O) groups excluding carboxylic acids is 2. The molecule has 4 rings (SSSR count). The van der Waals surface area contributed by atoms with E-state index in [0.717, 1.165) is 6.42 Å². The van der Waals surface area contributed by atoms with Gasteiger partial charge in [0, 0.05) is 43.8 Å². The number of aromatic nitrogens is 3. The molecule has 11 heteroatoms. The molecule has 0 saturated carbocycles. The number of urea groups is 1. The molecule has 1 unspecified atom stereocenters. The van der Waals surface area contributed by atoms with Crippen LogP contribution in [-0.4, -0.2) is 63.8 Å². The number of ether oxygens (including phenoxy) is 2. The van der Waals surface area contributed by atoms with Crippen molar-refractivity contribution in [1.29, 1.82) is 0 Å². The standard InChI is InChI=1S/C22H25ClN6O4/c1-13(2)33-22(31)26-15-9-24-20-27-19(12-29(20)10-15)17-8-14(4-5-18(17)23)25-21(30)28-7-6-16(11-28)32-3/h4-5,8-10,12-13,16H,6-7,11H2,1-3H3,(H,25,30)(H,26,31). The van der Waals surface area contributed by atoms with Crippen LogP contribution in [0, 0.1) is 0 Å². The first-order valence-electron chi connectivity index (χ1n) is 10.5. The largest absolute Gasteiger partial charge is 0.447 e. The summed E-state index contributed by atoms with van der Waals surface area (Å²) in [6, 6.07) is 5.03. The SMILES string of the molecule is COC1CCN(C(=O)Nc2ccc(Cl)c(-c3cn4cc(NC(=O)OC(C)C)cnc4n3)c2)C1. The van der Waals surface area contributed by atoms with Gasteiger partial charge in [0.1, 0.15) is 0 Å². The zero-order chi connectivity index (χ0) is 23.5. The molecular formula is C22H25ClN6O4. The Hall–Kier alpha value is -3.37. The number of benzene rings is 1. The molecule has 1 atom stereocenters. The number of nitrogens with one attached hydrogen (secondary N) is 2. The third-order valence-electron chi connectivity index (χ3n) is 5.16. The number of imidazole rings is 1. The molecule has 1 aromatic carbocycles. The Balaban J connectivity index is 1.52. The average Bonchev–Trinajstić information content (AvgIpc) is 3.41. The van der Waals surface area contributed by atoms with Crippen LogP contribution in [0.5, 0.6) is 0 Å². The molecule has 33 heavy (non-hydrogen) atoms. The van der Waals surface area contributed by atoms with E-state index in [2.05, 4.69) is 20.6 Å². The van der Waals surface area contributed by atoms with Gasteiger partial charge in [0.05, 0.1) is 34.8 Å². The number of nitrogens with zero attached hydrogens (tertiary/aromatic N) is 4. The van der Waals surface area contributed by atoms with Crippen molar-refractivity contribution in [3.8, 4) is 11.3 Å². The Bertz CT molecular complexity index is 1180. The second-order valence-corrected chi connectivity index (χ2v) is 8.38. The lowest BCUT2D eigenvalue weighted by atomic mass is 10.1. The van der Waals surface area contributed by atoms with Crippen LogP contribution in [-0.2, 0) is 9.47 Å². The molecule has 1 saturated heterocycles. The summed E-state index contributed by atoms with van der Waals surface area (Å²) in [5.41, 5.74) is 2.28. The van der Waals surface area contributed by atoms with Crippen LogP contribution < -0.4 is 10.6 Å². The van der Waals surface area contributed by atoms with Gasteiger partial charge in [-0.25, -0.2) is 19.6 Å². The zero-order valence-corrected chi connectivity index (χ0v) is 19.3. The van der Waals surface area contributed by atoms with Crippen molar-refractivity contribution < 1.29 is 19.1 Å². The molecular weight excluding hydrogens is 448 g/mol. The molecule has 2 aromatic heterocycles. The number of carbonyl (C=O) groups is 2. The van der Waals surface area contributed by atoms with E-state index >= 15 is 0 Å². The van der Waals surface area contributed by atoms with Crippen LogP contribution >= 0.6 is 11.6 Å². The molecule has 3 amide bonds. The Labute approximate surface area is 195 Å². The van der Waals surface area contributed by atoms with Gasteiger partial charge in [-0.2, -0.15) is 0 Å². The Morgan fingerprint density at radius 2 is 2.03 bits per heavy atom. The van der Waals surface area contributed by atoms with Crippen molar-refractivity contribution in [2.75, 3.05) is 30.8 Å². The first kappa shape index (κ1) is 22.8. The fraction of sp³-hybridized carbons (Fsp3) is 0.364. The van der Waals surface area contributed by atoms with Gasteiger partial charge >= 0.3 is 12.1 Å². The Morgan fingerprint density at radius 1 is 1.21 bits per heavy atom. The molecule has 1 aliphatic rings. The summed E-state index contributed by atoms with van der Waals surface area (Å²) in [4.78, 5) is 34.9. The molecule has 2 N–H and O–H groups in total. The van der Waals surface area contributed by atoms with Crippen LogP contribution in [0.3, 0.4) is 0 Å². The number of hydrogen-bond donors (Lipinski definition) is 2. The van der Waals surface area contributed by atoms with Crippen molar-refractivity contribution in [3.05, 3.63) is 41.8 Å². The molecule has 3 aromatic rings. The van der Waals surface area contributed by atoms with Crippen molar-refractivity contribution in [3.63, 3.8) is 0 Å². The Morgan fingerprint density at radius 3 is 2.76 bits per heavy atom. The highest BCUT2D eigenvalue weighted by molar-refractivity contribution is 6.33. The predicted molar refractivity (Wildman–Crippen MR) is 125 cm³/mol. The van der Waals surface area contributed by atoms with Crippen LogP contribution in [0.4, 0.5) is 21.0 Å². The molecule has 3 heterocycles. The fourth-order valence-corrected chi connectivity index (χ4v) is 3.76. The van der Waals surface area contributed by atoms with E-state index in [0.29, 0.717) is 46.5 Å². The predicted octanol–water partition coefficient (Wildman–Crippen LogP) is 4.26. The maximum Gasteiger partial charge on any atom is 0.411 e. The van der Waals surface area contributed by atoms with Crippen LogP contribution in [0.25, 0.3) is 17.0 Å². The lowest BCUT2D eigenvalue weighted by Crippen LogP contribution is -2.33. The third kappa shape index (κ3) is 5.35. The summed E-state index contributed by atoms with van der Waals surface area (Å²) in [5, 5.41) is 6.02. The van der Waals surface area contributed by atoms with E-state index in [4.69, 9.17) is 21.1 Å². The quantitative estimate of drug-likeness (QED) is 0.574. The van der Waals surface area contributed by atoms with Crippen LogP contribution in [0.2, 0.25) is 5.02 Å². The highest BCUT2D eigenvalue weighted by Crippen LogP contribution is 2.30. The van der Waals surface area contributed by atoms with Crippen LogP contribution in [0.15, 0.2) is 36.8 Å². The van der Waals surface area contributed by atoms with Gasteiger partial charge in [-0.1, -0.05) is 11.6 Å². The number of fused-ring (bicyclic) bond motifs is 1. The number of likely N-dealkylation sites (tertiary alicyclic amines) is 1. The van der Waals surface area contributed by atoms with E-state index < -0.39 is 6.09 Å². The van der Waals surface area contributed by atoms with Gasteiger partial charge in [-0.3, -0.25) is 9.72 Å². The number of methoxy groups -OCH3 is 1. The van der Waals surface area contributed by atoms with E-state index in [-0.39, 0.29) is 18.2 Å². The molecule has 0 radical (unpaired) electrons. The number of rotatable bonds is 5. The second kappa shape index (κ2) is 9.63. The van der Waals surface area contributed by atoms with Gasteiger partial charge in [0.25, 0.3) is 0 Å². The molecule has 0 bridgehead atoms. The summed E-state index contributed by atoms with van der Waals surface area (Å²) >= 11 is 6.43. The maximum absolute atomic E-state index is 12.6. The Kier molecular flexibility index (Phi) is 6.66. The number of amides is 3. The lowest BCUT2D eigenvalue weighted by molar-refractivity contribution is 0.111. The van der Waals surface area contributed by atoms with Gasteiger partial charge in [-0.15, -0.1) is 0 Å². The van der Waals surface area contributed by atoms with Crippen LogP contribution in [0.1, 0.15) is 20.3 Å². The summed E-state index contributed by atoms with van der Waals surface area (Å²) in [6.07, 6.45) is 5.01. The van der Waals surface area contributed by atoms with E-state index in [1.165, 1.54) is 6.20 Å². The monoisotopic (exact) mass is 472 g/mol. The molecule has 1 fully saturated rings. The first-order chi connectivity index (χ1) is 15.8. The minimum atomic E-state index is -0.562. The van der Waals surface area contributed by atoms with E-state index in [9.17, 15) is 9.59 Å². The molecule has 10 nitrogen and oxygen atoms in total. The number of anilines is 2. The topological polar surface area (TPSA) is 110 Å². The molecule has 0 spiro atoms. The van der Waals surface area contributed by atoms with E-state index in [1.54, 1.807) is 60.9 Å². The minimum absolute atomic E-state index is 0.0635. The van der Waals surface area contributed by atoms with E-state index in [1.807, 2.05) is 0 Å². The maximum atomic E-state index is 12.6. The summed E-state index contributed by atoms with van der Waals surface area (Å²) < 4.78 is 12.1. The van der Waals surface area contributed by atoms with Crippen molar-refractivity contribution in [2.45, 2.75) is 32.5 Å². The highest BCUT2D eigenvalue weighted by Gasteiger charge is 2.26. The molecule has 1 aliphatic heterocycles. The van der Waals surface area contributed by atoms with Crippen molar-refractivity contribution in [2.24, 2.45) is 0 Å². The van der Waals surface area contributed by atoms with Gasteiger partial charge in [0.15, 0.2) is 0 Å². The highest BCUT2D eigenvalue weighted by atomic mass is 35.5. The van der Waals surface area contributed by atoms with Gasteiger partial charge < -0.3 is 19.7 Å². The van der Waals surface area contributed by atoms with Gasteiger partial charge in [-0.05, 0) is 38.5 Å². The summed E-state index contributed by atoms with van der Waals surface area (Å²) in [6.45, 7) is 4.74. The normalized spacial score (nSPS) is 15.8. The molecule has 174 valence electrons. The minimum Gasteiger partial charge on any atom is -0.447 e. The summed E-state index contributed by atoms with van der Waals surface area (Å²) in [5.74, 6) is 0.431. The number of hydrogen-bond acceptors (Lipinski definition) is 6. The summed E-state index contributed by atoms with van der Waals surface area (Å²) in [7, 11) is 1.65. The van der Waals surface area contributed by atoms with Gasteiger partial charge in [0.2, 0.25) is 5.78 Å². The fourth-order valence-electron chi connectivity index (χ4n) is 3.55.